The van der Waals surface area contributed by atoms with E-state index in [-0.39, 0.29) is 5.54 Å². The lowest BCUT2D eigenvalue weighted by molar-refractivity contribution is 0.223. The summed E-state index contributed by atoms with van der Waals surface area (Å²) >= 11 is 0. The number of anilines is 1. The largest absolute Gasteiger partial charge is 0.384 e. The zero-order valence-electron chi connectivity index (χ0n) is 11.3. The van der Waals surface area contributed by atoms with Gasteiger partial charge in [-0.25, -0.2) is 9.97 Å². The maximum atomic E-state index is 6.55. The number of fused-ring (bicyclic) bond motifs is 1. The van der Waals surface area contributed by atoms with Gasteiger partial charge in [-0.2, -0.15) is 0 Å². The van der Waals surface area contributed by atoms with E-state index in [4.69, 9.17) is 11.5 Å². The van der Waals surface area contributed by atoms with Gasteiger partial charge in [-0.05, 0) is 43.7 Å². The lowest BCUT2D eigenvalue weighted by Gasteiger charge is -2.35. The summed E-state index contributed by atoms with van der Waals surface area (Å²) in [6, 6.07) is 3.69. The molecule has 2 aromatic rings. The number of nitrogens with one attached hydrogen (secondary N) is 1. The van der Waals surface area contributed by atoms with Crippen LogP contribution in [0.2, 0.25) is 0 Å². The van der Waals surface area contributed by atoms with E-state index >= 15 is 0 Å². The summed E-state index contributed by atoms with van der Waals surface area (Å²) in [5, 5.41) is 0. The van der Waals surface area contributed by atoms with E-state index in [2.05, 4.69) is 21.9 Å². The van der Waals surface area contributed by atoms with Gasteiger partial charge in [-0.1, -0.05) is 13.3 Å². The predicted octanol–water partition coefficient (Wildman–Crippen LogP) is 2.29. The number of pyridine rings is 1. The van der Waals surface area contributed by atoms with Gasteiger partial charge in [-0.3, -0.25) is 0 Å². The standard InChI is InChI=1S/C14H21N5/c1-2-9-5-7-14(16,8-6-9)13-17-10-3-4-11(15)18-12(10)19-13/h3-4,9H,2,5-8,16H2,1H3,(H3,15,17,18,19). The highest BCUT2D eigenvalue weighted by molar-refractivity contribution is 5.72. The van der Waals surface area contributed by atoms with Crippen molar-refractivity contribution < 1.29 is 0 Å². The molecule has 0 spiro atoms. The van der Waals surface area contributed by atoms with Crippen LogP contribution in [-0.2, 0) is 5.54 Å². The third-order valence-electron chi connectivity index (χ3n) is 4.41. The molecular weight excluding hydrogens is 238 g/mol. The monoisotopic (exact) mass is 259 g/mol. The number of hydrogen-bond acceptors (Lipinski definition) is 4. The fourth-order valence-electron chi connectivity index (χ4n) is 2.98. The topological polar surface area (TPSA) is 93.6 Å². The molecule has 5 N–H and O–H groups in total. The second-order valence-corrected chi connectivity index (χ2v) is 5.70. The summed E-state index contributed by atoms with van der Waals surface area (Å²) in [6.07, 6.45) is 5.58. The van der Waals surface area contributed by atoms with Gasteiger partial charge in [0, 0.05) is 0 Å². The molecule has 0 aromatic carbocycles. The Bertz CT molecular complexity index is 581. The molecule has 19 heavy (non-hydrogen) atoms. The molecule has 1 aliphatic rings. The molecule has 0 aliphatic heterocycles. The zero-order chi connectivity index (χ0) is 13.5. The molecule has 2 heterocycles. The lowest BCUT2D eigenvalue weighted by Crippen LogP contribution is -2.41. The van der Waals surface area contributed by atoms with Crippen LogP contribution in [0.15, 0.2) is 12.1 Å². The summed E-state index contributed by atoms with van der Waals surface area (Å²) in [7, 11) is 0. The minimum atomic E-state index is -0.332. The second-order valence-electron chi connectivity index (χ2n) is 5.70. The summed E-state index contributed by atoms with van der Waals surface area (Å²) < 4.78 is 0. The van der Waals surface area contributed by atoms with E-state index in [1.54, 1.807) is 6.07 Å². The molecule has 0 unspecified atom stereocenters. The number of nitrogen functional groups attached to an aromatic ring is 1. The van der Waals surface area contributed by atoms with E-state index < -0.39 is 0 Å². The van der Waals surface area contributed by atoms with Crippen LogP contribution < -0.4 is 11.5 Å². The van der Waals surface area contributed by atoms with Crippen molar-refractivity contribution in [2.75, 3.05) is 5.73 Å². The van der Waals surface area contributed by atoms with E-state index in [1.165, 1.54) is 19.3 Å². The van der Waals surface area contributed by atoms with Crippen molar-refractivity contribution in [2.45, 2.75) is 44.6 Å². The summed E-state index contributed by atoms with van der Waals surface area (Å²) in [4.78, 5) is 12.1. The van der Waals surface area contributed by atoms with Gasteiger partial charge in [0.1, 0.15) is 11.6 Å². The molecule has 1 fully saturated rings. The summed E-state index contributed by atoms with van der Waals surface area (Å²) in [5.41, 5.74) is 13.5. The molecule has 5 nitrogen and oxygen atoms in total. The van der Waals surface area contributed by atoms with Crippen LogP contribution in [0.5, 0.6) is 0 Å². The fourth-order valence-corrected chi connectivity index (χ4v) is 2.98. The van der Waals surface area contributed by atoms with Gasteiger partial charge in [-0.15, -0.1) is 0 Å². The maximum Gasteiger partial charge on any atom is 0.179 e. The molecule has 2 aromatic heterocycles. The molecule has 1 aliphatic carbocycles. The Hall–Kier alpha value is -1.62. The number of imidazole rings is 1. The van der Waals surface area contributed by atoms with E-state index in [9.17, 15) is 0 Å². The van der Waals surface area contributed by atoms with Crippen molar-refractivity contribution >= 4 is 17.0 Å². The molecular formula is C14H21N5. The predicted molar refractivity (Wildman–Crippen MR) is 76.4 cm³/mol. The van der Waals surface area contributed by atoms with Gasteiger partial charge in [0.15, 0.2) is 5.65 Å². The number of nitrogens with two attached hydrogens (primary N) is 2. The van der Waals surface area contributed by atoms with Crippen molar-refractivity contribution in [2.24, 2.45) is 11.7 Å². The van der Waals surface area contributed by atoms with Crippen LogP contribution in [0, 0.1) is 5.92 Å². The van der Waals surface area contributed by atoms with Crippen LogP contribution in [0.1, 0.15) is 44.9 Å². The van der Waals surface area contributed by atoms with Crippen molar-refractivity contribution in [1.29, 1.82) is 0 Å². The highest BCUT2D eigenvalue weighted by Gasteiger charge is 2.35. The molecule has 102 valence electrons. The smallest absolute Gasteiger partial charge is 0.179 e. The van der Waals surface area contributed by atoms with Gasteiger partial charge in [0.25, 0.3) is 0 Å². The molecule has 1 saturated carbocycles. The molecule has 3 rings (SSSR count). The van der Waals surface area contributed by atoms with E-state index in [0.29, 0.717) is 11.5 Å². The van der Waals surface area contributed by atoms with Gasteiger partial charge >= 0.3 is 0 Å². The van der Waals surface area contributed by atoms with Crippen LogP contribution in [0.25, 0.3) is 11.2 Å². The number of H-pyrrole nitrogens is 1. The number of hydrogen-bond donors (Lipinski definition) is 3. The molecule has 0 amide bonds. The first kappa shape index (κ1) is 12.4. The molecule has 0 radical (unpaired) electrons. The Kier molecular flexibility index (Phi) is 2.93. The third-order valence-corrected chi connectivity index (χ3v) is 4.41. The zero-order valence-corrected chi connectivity index (χ0v) is 11.3. The maximum absolute atomic E-state index is 6.55. The minimum Gasteiger partial charge on any atom is -0.384 e. The molecule has 0 atom stereocenters. The Balaban J connectivity index is 1.91. The average molecular weight is 259 g/mol. The van der Waals surface area contributed by atoms with Gasteiger partial charge in [0.2, 0.25) is 0 Å². The highest BCUT2D eigenvalue weighted by Crippen LogP contribution is 2.37. The van der Waals surface area contributed by atoms with Crippen LogP contribution in [0.4, 0.5) is 5.82 Å². The van der Waals surface area contributed by atoms with Crippen molar-refractivity contribution in [1.82, 2.24) is 15.0 Å². The Morgan fingerprint density at radius 3 is 2.74 bits per heavy atom. The first-order valence-corrected chi connectivity index (χ1v) is 7.02. The number of rotatable bonds is 2. The first-order chi connectivity index (χ1) is 9.10. The minimum absolute atomic E-state index is 0.332. The van der Waals surface area contributed by atoms with Gasteiger partial charge < -0.3 is 16.5 Å². The third kappa shape index (κ3) is 2.18. The summed E-state index contributed by atoms with van der Waals surface area (Å²) in [5.74, 6) is 2.16. The van der Waals surface area contributed by atoms with Crippen molar-refractivity contribution in [3.8, 4) is 0 Å². The number of aromatic amines is 1. The Morgan fingerprint density at radius 1 is 1.32 bits per heavy atom. The lowest BCUT2D eigenvalue weighted by atomic mass is 9.76. The molecule has 5 heteroatoms. The van der Waals surface area contributed by atoms with Crippen LogP contribution in [0.3, 0.4) is 0 Å². The molecule has 0 saturated heterocycles. The van der Waals surface area contributed by atoms with Crippen LogP contribution in [-0.4, -0.2) is 15.0 Å². The average Bonchev–Trinajstić information content (AvgIpc) is 2.83. The normalized spacial score (nSPS) is 27.8. The van der Waals surface area contributed by atoms with E-state index in [0.717, 1.165) is 30.1 Å². The Labute approximate surface area is 112 Å². The van der Waals surface area contributed by atoms with Gasteiger partial charge in [0.05, 0.1) is 11.1 Å². The Morgan fingerprint density at radius 2 is 2.05 bits per heavy atom. The number of nitrogens with zero attached hydrogens (tertiary/aromatic N) is 2. The van der Waals surface area contributed by atoms with Crippen molar-refractivity contribution in [3.05, 3.63) is 18.0 Å². The SMILES string of the molecule is CCC1CCC(N)(c2nc3nc(N)ccc3[nH]2)CC1. The first-order valence-electron chi connectivity index (χ1n) is 7.02. The highest BCUT2D eigenvalue weighted by atomic mass is 15.0. The second kappa shape index (κ2) is 4.49. The molecule has 0 bridgehead atoms. The fraction of sp³-hybridized carbons (Fsp3) is 0.571. The summed E-state index contributed by atoms with van der Waals surface area (Å²) in [6.45, 7) is 2.25. The van der Waals surface area contributed by atoms with Crippen LogP contribution >= 0.6 is 0 Å². The quantitative estimate of drug-likeness (QED) is 0.771. The van der Waals surface area contributed by atoms with Crippen molar-refractivity contribution in [3.63, 3.8) is 0 Å². The van der Waals surface area contributed by atoms with E-state index in [1.807, 2.05) is 6.07 Å². The number of aromatic nitrogens is 3.